The van der Waals surface area contributed by atoms with Crippen molar-refractivity contribution < 1.29 is 23.8 Å². The highest BCUT2D eigenvalue weighted by atomic mass is 16.5. The Bertz CT molecular complexity index is 732. The lowest BCUT2D eigenvalue weighted by molar-refractivity contribution is -0.119. The Morgan fingerprint density at radius 1 is 1.16 bits per heavy atom. The summed E-state index contributed by atoms with van der Waals surface area (Å²) in [5.74, 6) is -0.0253. The fraction of sp³-hybridized carbons (Fsp3) is 0.353. The highest BCUT2D eigenvalue weighted by Gasteiger charge is 2.21. The molecule has 0 spiro atoms. The molecule has 0 aliphatic rings. The molecule has 2 rings (SSSR count). The van der Waals surface area contributed by atoms with E-state index in [2.05, 4.69) is 10.4 Å². The van der Waals surface area contributed by atoms with E-state index in [9.17, 15) is 9.59 Å². The van der Waals surface area contributed by atoms with Gasteiger partial charge in [0.1, 0.15) is 22.9 Å². The van der Waals surface area contributed by atoms with Gasteiger partial charge in [-0.3, -0.25) is 4.79 Å². The molecule has 0 aliphatic carbocycles. The smallest absolute Gasteiger partial charge is 0.346 e. The van der Waals surface area contributed by atoms with Crippen LogP contribution in [-0.2, 0) is 9.53 Å². The Morgan fingerprint density at radius 2 is 1.80 bits per heavy atom. The third-order valence-electron chi connectivity index (χ3n) is 3.39. The zero-order valence-electron chi connectivity index (χ0n) is 14.6. The van der Waals surface area contributed by atoms with Gasteiger partial charge in [0.05, 0.1) is 20.4 Å². The molecule has 8 nitrogen and oxygen atoms in total. The predicted octanol–water partition coefficient (Wildman–Crippen LogP) is 2.28. The van der Waals surface area contributed by atoms with Gasteiger partial charge < -0.3 is 19.5 Å². The van der Waals surface area contributed by atoms with Crippen LogP contribution in [0.25, 0.3) is 0 Å². The SMILES string of the molecule is COc1cccc(OC)c1C(=O)OCC(=O)Nc1ccnn1C(C)C. The first kappa shape index (κ1) is 18.3. The third kappa shape index (κ3) is 4.28. The molecule has 1 heterocycles. The fourth-order valence-corrected chi connectivity index (χ4v) is 2.26. The van der Waals surface area contributed by atoms with Crippen LogP contribution in [0.3, 0.4) is 0 Å². The van der Waals surface area contributed by atoms with Gasteiger partial charge in [0, 0.05) is 12.1 Å². The lowest BCUT2D eigenvalue weighted by Gasteiger charge is -2.13. The summed E-state index contributed by atoms with van der Waals surface area (Å²) in [4.78, 5) is 24.3. The van der Waals surface area contributed by atoms with E-state index in [-0.39, 0.29) is 11.6 Å². The van der Waals surface area contributed by atoms with Crippen molar-refractivity contribution >= 4 is 17.7 Å². The van der Waals surface area contributed by atoms with Crippen LogP contribution in [0, 0.1) is 0 Å². The number of ether oxygens (including phenoxy) is 3. The molecule has 0 radical (unpaired) electrons. The largest absolute Gasteiger partial charge is 0.496 e. The molecule has 0 fully saturated rings. The quantitative estimate of drug-likeness (QED) is 0.773. The van der Waals surface area contributed by atoms with Crippen molar-refractivity contribution in [1.29, 1.82) is 0 Å². The summed E-state index contributed by atoms with van der Waals surface area (Å²) in [6.45, 7) is 3.44. The molecule has 1 amide bonds. The number of anilines is 1. The van der Waals surface area contributed by atoms with Gasteiger partial charge in [0.2, 0.25) is 0 Å². The summed E-state index contributed by atoms with van der Waals surface area (Å²) in [6.07, 6.45) is 1.58. The zero-order chi connectivity index (χ0) is 18.4. The molecule has 0 saturated carbocycles. The van der Waals surface area contributed by atoms with Crippen molar-refractivity contribution in [3.05, 3.63) is 36.0 Å². The summed E-state index contributed by atoms with van der Waals surface area (Å²) in [5, 5.41) is 6.78. The molecule has 0 saturated heterocycles. The monoisotopic (exact) mass is 347 g/mol. The van der Waals surface area contributed by atoms with E-state index >= 15 is 0 Å². The van der Waals surface area contributed by atoms with E-state index in [4.69, 9.17) is 14.2 Å². The van der Waals surface area contributed by atoms with Crippen LogP contribution >= 0.6 is 0 Å². The number of esters is 1. The number of aromatic nitrogens is 2. The molecule has 0 unspecified atom stereocenters. The second-order valence-corrected chi connectivity index (χ2v) is 5.42. The fourth-order valence-electron chi connectivity index (χ4n) is 2.26. The van der Waals surface area contributed by atoms with Crippen LogP contribution in [0.15, 0.2) is 30.5 Å². The molecule has 0 atom stereocenters. The van der Waals surface area contributed by atoms with E-state index in [1.54, 1.807) is 35.1 Å². The summed E-state index contributed by atoms with van der Waals surface area (Å²) in [6, 6.07) is 6.67. The number of amides is 1. The summed E-state index contributed by atoms with van der Waals surface area (Å²) < 4.78 is 17.0. The number of hydrogen-bond donors (Lipinski definition) is 1. The van der Waals surface area contributed by atoms with Gasteiger partial charge in [-0.1, -0.05) is 6.07 Å². The van der Waals surface area contributed by atoms with Gasteiger partial charge >= 0.3 is 5.97 Å². The highest BCUT2D eigenvalue weighted by Crippen LogP contribution is 2.28. The Labute approximate surface area is 145 Å². The number of carbonyl (C=O) groups is 2. The van der Waals surface area contributed by atoms with E-state index in [1.165, 1.54) is 14.2 Å². The van der Waals surface area contributed by atoms with Crippen molar-refractivity contribution in [3.63, 3.8) is 0 Å². The minimum atomic E-state index is -0.707. The minimum absolute atomic E-state index is 0.0886. The van der Waals surface area contributed by atoms with Gasteiger partial charge in [-0.2, -0.15) is 5.10 Å². The lowest BCUT2D eigenvalue weighted by atomic mass is 10.2. The maximum absolute atomic E-state index is 12.3. The second kappa shape index (κ2) is 8.18. The first-order valence-corrected chi connectivity index (χ1v) is 7.69. The molecular weight excluding hydrogens is 326 g/mol. The van der Waals surface area contributed by atoms with Crippen LogP contribution in [-0.4, -0.2) is 42.5 Å². The molecule has 1 aromatic carbocycles. The predicted molar refractivity (Wildman–Crippen MR) is 91.1 cm³/mol. The normalized spacial score (nSPS) is 10.4. The number of methoxy groups -OCH3 is 2. The van der Waals surface area contributed by atoms with Crippen molar-refractivity contribution in [2.24, 2.45) is 0 Å². The van der Waals surface area contributed by atoms with Gasteiger partial charge in [0.25, 0.3) is 5.91 Å². The number of nitrogens with one attached hydrogen (secondary N) is 1. The Balaban J connectivity index is 2.03. The lowest BCUT2D eigenvalue weighted by Crippen LogP contribution is -2.23. The van der Waals surface area contributed by atoms with Crippen molar-refractivity contribution in [2.45, 2.75) is 19.9 Å². The zero-order valence-corrected chi connectivity index (χ0v) is 14.6. The number of hydrogen-bond acceptors (Lipinski definition) is 6. The number of carbonyl (C=O) groups excluding carboxylic acids is 2. The number of benzene rings is 1. The van der Waals surface area contributed by atoms with E-state index in [1.807, 2.05) is 13.8 Å². The molecule has 1 N–H and O–H groups in total. The first-order chi connectivity index (χ1) is 12.0. The second-order valence-electron chi connectivity index (χ2n) is 5.42. The molecule has 25 heavy (non-hydrogen) atoms. The number of nitrogens with zero attached hydrogens (tertiary/aromatic N) is 2. The maximum atomic E-state index is 12.3. The molecular formula is C17H21N3O5. The molecule has 134 valence electrons. The van der Waals surface area contributed by atoms with Crippen LogP contribution < -0.4 is 14.8 Å². The standard InChI is InChI=1S/C17H21N3O5/c1-11(2)20-14(8-9-18-20)19-15(21)10-25-17(22)16-12(23-3)6-5-7-13(16)24-4/h5-9,11H,10H2,1-4H3,(H,19,21). The Hall–Kier alpha value is -3.03. The molecule has 0 aliphatic heterocycles. The van der Waals surface area contributed by atoms with E-state index in [0.717, 1.165) is 0 Å². The third-order valence-corrected chi connectivity index (χ3v) is 3.39. The average molecular weight is 347 g/mol. The molecule has 8 heteroatoms. The van der Waals surface area contributed by atoms with Crippen molar-refractivity contribution in [2.75, 3.05) is 26.1 Å². The van der Waals surface area contributed by atoms with E-state index < -0.39 is 18.5 Å². The first-order valence-electron chi connectivity index (χ1n) is 7.69. The molecule has 2 aromatic rings. The Morgan fingerprint density at radius 3 is 2.36 bits per heavy atom. The molecule has 1 aromatic heterocycles. The minimum Gasteiger partial charge on any atom is -0.496 e. The van der Waals surface area contributed by atoms with Crippen LogP contribution in [0.4, 0.5) is 5.82 Å². The maximum Gasteiger partial charge on any atom is 0.346 e. The van der Waals surface area contributed by atoms with Crippen LogP contribution in [0.5, 0.6) is 11.5 Å². The molecule has 0 bridgehead atoms. The van der Waals surface area contributed by atoms with Crippen molar-refractivity contribution in [1.82, 2.24) is 9.78 Å². The average Bonchev–Trinajstić information content (AvgIpc) is 3.07. The summed E-state index contributed by atoms with van der Waals surface area (Å²) in [5.41, 5.74) is 0.132. The number of rotatable bonds is 7. The summed E-state index contributed by atoms with van der Waals surface area (Å²) in [7, 11) is 2.87. The van der Waals surface area contributed by atoms with Crippen LogP contribution in [0.2, 0.25) is 0 Å². The highest BCUT2D eigenvalue weighted by molar-refractivity contribution is 5.98. The Kier molecular flexibility index (Phi) is 5.99. The van der Waals surface area contributed by atoms with Crippen molar-refractivity contribution in [3.8, 4) is 11.5 Å². The summed E-state index contributed by atoms with van der Waals surface area (Å²) >= 11 is 0. The van der Waals surface area contributed by atoms with Gasteiger partial charge in [0.15, 0.2) is 6.61 Å². The van der Waals surface area contributed by atoms with E-state index in [0.29, 0.717) is 17.3 Å². The topological polar surface area (TPSA) is 91.7 Å². The van der Waals surface area contributed by atoms with Gasteiger partial charge in [-0.15, -0.1) is 0 Å². The van der Waals surface area contributed by atoms with Gasteiger partial charge in [-0.05, 0) is 26.0 Å². The van der Waals surface area contributed by atoms with Gasteiger partial charge in [-0.25, -0.2) is 9.48 Å². The van der Waals surface area contributed by atoms with Crippen LogP contribution in [0.1, 0.15) is 30.2 Å².